The molecular weight excluding hydrogens is 362 g/mol. The van der Waals surface area contributed by atoms with Crippen molar-refractivity contribution in [3.8, 4) is 11.6 Å². The molecule has 2 heterocycles. The smallest absolute Gasteiger partial charge is 0.197 e. The molecule has 0 atom stereocenters. The van der Waals surface area contributed by atoms with Crippen LogP contribution in [0, 0.1) is 0 Å². The van der Waals surface area contributed by atoms with Crippen molar-refractivity contribution in [1.82, 2.24) is 9.97 Å². The van der Waals surface area contributed by atoms with Gasteiger partial charge < -0.3 is 10.2 Å². The van der Waals surface area contributed by atoms with Crippen LogP contribution in [0.2, 0.25) is 0 Å². The molecule has 96 valence electrons. The van der Waals surface area contributed by atoms with E-state index in [4.69, 9.17) is 10.2 Å². The number of rotatable bonds is 1. The third-order valence-electron chi connectivity index (χ3n) is 2.38. The van der Waals surface area contributed by atoms with Gasteiger partial charge in [0, 0.05) is 17.5 Å². The first-order chi connectivity index (χ1) is 8.27. The number of halogens is 2. The highest BCUT2D eigenvalue weighted by molar-refractivity contribution is 9.13. The van der Waals surface area contributed by atoms with Crippen molar-refractivity contribution < 1.29 is 4.42 Å². The summed E-state index contributed by atoms with van der Waals surface area (Å²) in [5.74, 6) is 1.51. The number of furan rings is 1. The van der Waals surface area contributed by atoms with E-state index in [1.807, 2.05) is 6.07 Å². The number of hydrogen-bond donors (Lipinski definition) is 1. The van der Waals surface area contributed by atoms with Crippen LogP contribution < -0.4 is 5.73 Å². The molecule has 2 rings (SSSR count). The van der Waals surface area contributed by atoms with Crippen molar-refractivity contribution in [3.63, 3.8) is 0 Å². The first kappa shape index (κ1) is 13.5. The Morgan fingerprint density at radius 2 is 1.83 bits per heavy atom. The Balaban J connectivity index is 2.55. The maximum Gasteiger partial charge on any atom is 0.197 e. The van der Waals surface area contributed by atoms with Crippen LogP contribution in [-0.2, 0) is 5.41 Å². The van der Waals surface area contributed by atoms with Gasteiger partial charge in [-0.2, -0.15) is 0 Å². The molecule has 0 aliphatic heterocycles. The van der Waals surface area contributed by atoms with Crippen LogP contribution in [0.3, 0.4) is 0 Å². The Hall–Kier alpha value is -0.880. The minimum absolute atomic E-state index is 0.0904. The first-order valence-electron chi connectivity index (χ1n) is 5.37. The molecule has 0 aromatic carbocycles. The van der Waals surface area contributed by atoms with Gasteiger partial charge in [-0.1, -0.05) is 20.8 Å². The summed E-state index contributed by atoms with van der Waals surface area (Å²) in [5.41, 5.74) is 6.61. The quantitative estimate of drug-likeness (QED) is 0.814. The zero-order valence-corrected chi connectivity index (χ0v) is 13.5. The van der Waals surface area contributed by atoms with Gasteiger partial charge in [0.25, 0.3) is 0 Å². The minimum atomic E-state index is -0.0904. The van der Waals surface area contributed by atoms with Crippen molar-refractivity contribution >= 4 is 37.7 Å². The normalized spacial score (nSPS) is 11.8. The fourth-order valence-electron chi connectivity index (χ4n) is 1.42. The molecule has 2 aromatic heterocycles. The van der Waals surface area contributed by atoms with Crippen LogP contribution in [0.5, 0.6) is 0 Å². The number of nitrogens with zero attached hydrogens (tertiary/aromatic N) is 2. The van der Waals surface area contributed by atoms with E-state index in [0.29, 0.717) is 22.1 Å². The van der Waals surface area contributed by atoms with Gasteiger partial charge in [-0.15, -0.1) is 0 Å². The second-order valence-electron chi connectivity index (χ2n) is 4.98. The standard InChI is InChI=1S/C12H13Br2N3O/c1-12(2,3)8-5-9(15)17-11(16-8)7-4-6(13)10(14)18-7/h4-5H,1-3H3,(H2,15,16,17). The lowest BCUT2D eigenvalue weighted by Crippen LogP contribution is -2.15. The largest absolute Gasteiger partial charge is 0.445 e. The lowest BCUT2D eigenvalue weighted by atomic mass is 9.92. The Morgan fingerprint density at radius 1 is 1.17 bits per heavy atom. The molecule has 0 unspecified atom stereocenters. The molecule has 0 aliphatic carbocycles. The van der Waals surface area contributed by atoms with Crippen LogP contribution in [0.1, 0.15) is 26.5 Å². The zero-order valence-electron chi connectivity index (χ0n) is 10.3. The maximum absolute atomic E-state index is 5.82. The van der Waals surface area contributed by atoms with Gasteiger partial charge in [-0.05, 0) is 31.9 Å². The van der Waals surface area contributed by atoms with Gasteiger partial charge in [0.2, 0.25) is 0 Å². The Bertz CT molecular complexity index is 568. The van der Waals surface area contributed by atoms with Crippen LogP contribution in [-0.4, -0.2) is 9.97 Å². The highest BCUT2D eigenvalue weighted by Gasteiger charge is 2.19. The molecule has 0 fully saturated rings. The first-order valence-corrected chi connectivity index (χ1v) is 6.96. The number of aromatic nitrogens is 2. The molecule has 0 saturated carbocycles. The van der Waals surface area contributed by atoms with Gasteiger partial charge in [-0.25, -0.2) is 9.97 Å². The summed E-state index contributed by atoms with van der Waals surface area (Å²) < 4.78 is 6.94. The number of nitrogens with two attached hydrogens (primary N) is 1. The van der Waals surface area contributed by atoms with E-state index < -0.39 is 0 Å². The molecule has 2 N–H and O–H groups in total. The molecule has 0 amide bonds. The molecule has 0 radical (unpaired) electrons. The molecule has 18 heavy (non-hydrogen) atoms. The number of nitrogen functional groups attached to an aromatic ring is 1. The van der Waals surface area contributed by atoms with Gasteiger partial charge in [-0.3, -0.25) is 0 Å². The molecule has 6 heteroatoms. The summed E-state index contributed by atoms with van der Waals surface area (Å²) in [7, 11) is 0. The van der Waals surface area contributed by atoms with Crippen molar-refractivity contribution in [2.24, 2.45) is 0 Å². The minimum Gasteiger partial charge on any atom is -0.445 e. The third kappa shape index (κ3) is 2.75. The molecule has 0 saturated heterocycles. The van der Waals surface area contributed by atoms with E-state index in [0.717, 1.165) is 10.2 Å². The van der Waals surface area contributed by atoms with Crippen molar-refractivity contribution in [2.45, 2.75) is 26.2 Å². The van der Waals surface area contributed by atoms with Crippen LogP contribution in [0.25, 0.3) is 11.6 Å². The summed E-state index contributed by atoms with van der Waals surface area (Å²) >= 11 is 6.65. The molecule has 2 aromatic rings. The van der Waals surface area contributed by atoms with E-state index >= 15 is 0 Å². The fraction of sp³-hybridized carbons (Fsp3) is 0.333. The zero-order chi connectivity index (χ0) is 13.5. The maximum atomic E-state index is 5.82. The van der Waals surface area contributed by atoms with Crippen molar-refractivity contribution in [2.75, 3.05) is 5.73 Å². The second kappa shape index (κ2) is 4.66. The third-order valence-corrected chi connectivity index (χ3v) is 4.09. The van der Waals surface area contributed by atoms with E-state index in [1.165, 1.54) is 0 Å². The van der Waals surface area contributed by atoms with E-state index in [-0.39, 0.29) is 5.41 Å². The predicted octanol–water partition coefficient (Wildman–Crippen LogP) is 4.14. The molecule has 0 aliphatic rings. The van der Waals surface area contributed by atoms with Crippen LogP contribution >= 0.6 is 31.9 Å². The Kier molecular flexibility index (Phi) is 3.51. The summed E-state index contributed by atoms with van der Waals surface area (Å²) in [6, 6.07) is 3.60. The number of hydrogen-bond acceptors (Lipinski definition) is 4. The summed E-state index contributed by atoms with van der Waals surface area (Å²) in [4.78, 5) is 8.71. The molecule has 0 spiro atoms. The Morgan fingerprint density at radius 3 is 2.33 bits per heavy atom. The topological polar surface area (TPSA) is 64.9 Å². The lowest BCUT2D eigenvalue weighted by molar-refractivity contribution is 0.542. The van der Waals surface area contributed by atoms with Gasteiger partial charge in [0.05, 0.1) is 10.2 Å². The van der Waals surface area contributed by atoms with Crippen LogP contribution in [0.4, 0.5) is 5.82 Å². The van der Waals surface area contributed by atoms with Crippen molar-refractivity contribution in [3.05, 3.63) is 27.0 Å². The fourth-order valence-corrected chi connectivity index (χ4v) is 1.99. The van der Waals surface area contributed by atoms with Crippen LogP contribution in [0.15, 0.2) is 25.7 Å². The van der Waals surface area contributed by atoms with E-state index in [2.05, 4.69) is 62.6 Å². The molecule has 4 nitrogen and oxygen atoms in total. The SMILES string of the molecule is CC(C)(C)c1cc(N)nc(-c2cc(Br)c(Br)o2)n1. The van der Waals surface area contributed by atoms with Crippen molar-refractivity contribution in [1.29, 1.82) is 0 Å². The van der Waals surface area contributed by atoms with Gasteiger partial charge >= 0.3 is 0 Å². The lowest BCUT2D eigenvalue weighted by Gasteiger charge is -2.18. The van der Waals surface area contributed by atoms with Gasteiger partial charge in [0.15, 0.2) is 16.3 Å². The predicted molar refractivity (Wildman–Crippen MR) is 78.2 cm³/mol. The van der Waals surface area contributed by atoms with E-state index in [1.54, 1.807) is 6.07 Å². The average Bonchev–Trinajstić information content (AvgIpc) is 2.57. The Labute approximate surface area is 122 Å². The molecular formula is C12H13Br2N3O. The summed E-state index contributed by atoms with van der Waals surface area (Å²) in [6.07, 6.45) is 0. The summed E-state index contributed by atoms with van der Waals surface area (Å²) in [5, 5.41) is 0. The monoisotopic (exact) mass is 373 g/mol. The highest BCUT2D eigenvalue weighted by Crippen LogP contribution is 2.32. The summed E-state index contributed by atoms with van der Waals surface area (Å²) in [6.45, 7) is 6.23. The highest BCUT2D eigenvalue weighted by atomic mass is 79.9. The second-order valence-corrected chi connectivity index (χ2v) is 6.56. The molecule has 0 bridgehead atoms. The van der Waals surface area contributed by atoms with E-state index in [9.17, 15) is 0 Å². The van der Waals surface area contributed by atoms with Gasteiger partial charge in [0.1, 0.15) is 5.82 Å². The number of anilines is 1. The average molecular weight is 375 g/mol.